The third kappa shape index (κ3) is 3.21. The van der Waals surface area contributed by atoms with Gasteiger partial charge in [-0.2, -0.15) is 0 Å². The topological polar surface area (TPSA) is 49.3 Å². The van der Waals surface area contributed by atoms with Crippen molar-refractivity contribution in [1.29, 1.82) is 0 Å². The van der Waals surface area contributed by atoms with Crippen molar-refractivity contribution in [1.82, 2.24) is 5.32 Å². The molecule has 2 saturated carbocycles. The van der Waals surface area contributed by atoms with Crippen LogP contribution < -0.4 is 5.32 Å². The predicted molar refractivity (Wildman–Crippen MR) is 84.1 cm³/mol. The Kier molecular flexibility index (Phi) is 4.11. The van der Waals surface area contributed by atoms with Crippen LogP contribution in [0, 0.1) is 5.92 Å². The predicted octanol–water partition coefficient (Wildman–Crippen LogP) is 3.53. The van der Waals surface area contributed by atoms with Gasteiger partial charge in [-0.15, -0.1) is 11.8 Å². The fourth-order valence-corrected chi connectivity index (χ4v) is 4.27. The Labute approximate surface area is 131 Å². The first-order chi connectivity index (χ1) is 9.60. The van der Waals surface area contributed by atoms with E-state index in [-0.39, 0.29) is 0 Å². The number of carboxylic acids is 1. The van der Waals surface area contributed by atoms with Gasteiger partial charge in [0.15, 0.2) is 0 Å². The number of rotatable bonds is 7. The molecule has 0 aliphatic heterocycles. The van der Waals surface area contributed by atoms with Gasteiger partial charge < -0.3 is 5.11 Å². The molecule has 0 radical (unpaired) electrons. The number of halogens is 1. The van der Waals surface area contributed by atoms with E-state index in [1.165, 1.54) is 0 Å². The molecule has 2 aliphatic carbocycles. The second-order valence-corrected chi connectivity index (χ2v) is 7.68. The number of nitrogens with one attached hydrogen (secondary N) is 1. The number of aliphatic carboxylic acids is 1. The number of carbonyl (C=O) groups is 1. The molecule has 2 fully saturated rings. The van der Waals surface area contributed by atoms with Crippen LogP contribution in [0.5, 0.6) is 0 Å². The molecule has 0 heterocycles. The van der Waals surface area contributed by atoms with Crippen molar-refractivity contribution in [2.24, 2.45) is 5.92 Å². The van der Waals surface area contributed by atoms with E-state index < -0.39 is 11.5 Å². The zero-order chi connectivity index (χ0) is 14.2. The van der Waals surface area contributed by atoms with Crippen LogP contribution in [0.2, 0.25) is 0 Å². The highest BCUT2D eigenvalue weighted by Gasteiger charge is 2.53. The third-order valence-electron chi connectivity index (χ3n) is 3.96. The lowest BCUT2D eigenvalue weighted by Crippen LogP contribution is -2.57. The normalized spacial score (nSPS) is 21.4. The monoisotopic (exact) mass is 355 g/mol. The SMILES string of the molecule is O=C(O)C(CSc1cccc(Br)c1)(NC1CC1)C1CC1. The molecule has 108 valence electrons. The molecule has 5 heteroatoms. The van der Waals surface area contributed by atoms with Crippen LogP contribution in [0.1, 0.15) is 25.7 Å². The minimum Gasteiger partial charge on any atom is -0.480 e. The van der Waals surface area contributed by atoms with Gasteiger partial charge >= 0.3 is 5.97 Å². The molecule has 2 N–H and O–H groups in total. The second kappa shape index (κ2) is 5.70. The van der Waals surface area contributed by atoms with Crippen LogP contribution in [-0.4, -0.2) is 28.4 Å². The highest BCUT2D eigenvalue weighted by atomic mass is 79.9. The molecule has 0 aromatic heterocycles. The highest BCUT2D eigenvalue weighted by Crippen LogP contribution is 2.44. The molecule has 0 amide bonds. The van der Waals surface area contributed by atoms with Crippen molar-refractivity contribution in [3.8, 4) is 0 Å². The summed E-state index contributed by atoms with van der Waals surface area (Å²) in [7, 11) is 0. The smallest absolute Gasteiger partial charge is 0.325 e. The molecule has 1 atom stereocenters. The van der Waals surface area contributed by atoms with Crippen molar-refractivity contribution in [3.05, 3.63) is 28.7 Å². The summed E-state index contributed by atoms with van der Waals surface area (Å²) in [6.45, 7) is 0. The van der Waals surface area contributed by atoms with E-state index in [4.69, 9.17) is 0 Å². The number of thioether (sulfide) groups is 1. The van der Waals surface area contributed by atoms with E-state index in [1.54, 1.807) is 11.8 Å². The second-order valence-electron chi connectivity index (χ2n) is 5.72. The van der Waals surface area contributed by atoms with E-state index in [0.29, 0.717) is 17.7 Å². The summed E-state index contributed by atoms with van der Waals surface area (Å²) in [6.07, 6.45) is 4.29. The van der Waals surface area contributed by atoms with E-state index in [2.05, 4.69) is 21.2 Å². The Bertz CT molecular complexity index is 516. The summed E-state index contributed by atoms with van der Waals surface area (Å²) in [4.78, 5) is 13.0. The molecular weight excluding hydrogens is 338 g/mol. The fraction of sp³-hybridized carbons (Fsp3) is 0.533. The van der Waals surface area contributed by atoms with E-state index in [0.717, 1.165) is 35.1 Å². The summed E-state index contributed by atoms with van der Waals surface area (Å²) < 4.78 is 1.03. The quantitative estimate of drug-likeness (QED) is 0.734. The lowest BCUT2D eigenvalue weighted by atomic mass is 9.95. The Balaban J connectivity index is 1.73. The summed E-state index contributed by atoms with van der Waals surface area (Å²) in [5.74, 6) is 0.203. The highest BCUT2D eigenvalue weighted by molar-refractivity contribution is 9.10. The first kappa shape index (κ1) is 14.4. The van der Waals surface area contributed by atoms with Gasteiger partial charge in [-0.1, -0.05) is 22.0 Å². The third-order valence-corrected chi connectivity index (χ3v) is 5.64. The van der Waals surface area contributed by atoms with Crippen molar-refractivity contribution in [3.63, 3.8) is 0 Å². The summed E-state index contributed by atoms with van der Waals surface area (Å²) in [5.41, 5.74) is -0.742. The Morgan fingerprint density at radius 1 is 1.40 bits per heavy atom. The van der Waals surface area contributed by atoms with Crippen LogP contribution >= 0.6 is 27.7 Å². The summed E-state index contributed by atoms with van der Waals surface area (Å²) >= 11 is 5.09. The molecule has 1 aromatic carbocycles. The molecule has 3 rings (SSSR count). The molecule has 0 saturated heterocycles. The maximum atomic E-state index is 11.9. The molecular formula is C15H18BrNO2S. The number of hydrogen-bond acceptors (Lipinski definition) is 3. The average molecular weight is 356 g/mol. The van der Waals surface area contributed by atoms with Gasteiger partial charge in [-0.3, -0.25) is 10.1 Å². The number of benzene rings is 1. The minimum atomic E-state index is -0.742. The van der Waals surface area contributed by atoms with Crippen LogP contribution in [0.4, 0.5) is 0 Å². The summed E-state index contributed by atoms with van der Waals surface area (Å²) in [6, 6.07) is 8.46. The lowest BCUT2D eigenvalue weighted by Gasteiger charge is -2.30. The van der Waals surface area contributed by atoms with Gasteiger partial charge in [0.25, 0.3) is 0 Å². The summed E-state index contributed by atoms with van der Waals surface area (Å²) in [5, 5.41) is 13.2. The van der Waals surface area contributed by atoms with Crippen LogP contribution in [-0.2, 0) is 4.79 Å². The Hall–Kier alpha value is -0.520. The molecule has 0 bridgehead atoms. The van der Waals surface area contributed by atoms with Gasteiger partial charge in [0.05, 0.1) is 0 Å². The Morgan fingerprint density at radius 3 is 2.70 bits per heavy atom. The largest absolute Gasteiger partial charge is 0.480 e. The van der Waals surface area contributed by atoms with Crippen molar-refractivity contribution in [2.75, 3.05) is 5.75 Å². The van der Waals surface area contributed by atoms with Gasteiger partial charge in [0.2, 0.25) is 0 Å². The zero-order valence-electron chi connectivity index (χ0n) is 11.1. The van der Waals surface area contributed by atoms with Crippen molar-refractivity contribution in [2.45, 2.75) is 42.2 Å². The average Bonchev–Trinajstić information content (AvgIpc) is 3.26. The molecule has 3 nitrogen and oxygen atoms in total. The van der Waals surface area contributed by atoms with E-state index in [9.17, 15) is 9.90 Å². The van der Waals surface area contributed by atoms with Crippen LogP contribution in [0.25, 0.3) is 0 Å². The lowest BCUT2D eigenvalue weighted by molar-refractivity contribution is -0.145. The maximum absolute atomic E-state index is 11.9. The first-order valence-electron chi connectivity index (χ1n) is 6.99. The van der Waals surface area contributed by atoms with Gasteiger partial charge in [0.1, 0.15) is 5.54 Å². The molecule has 0 spiro atoms. The standard InChI is InChI=1S/C15H18BrNO2S/c16-11-2-1-3-13(8-11)20-9-15(14(18)19,10-4-5-10)17-12-6-7-12/h1-3,8,10,12,17H,4-7,9H2,(H,18,19). The number of carboxylic acid groups (broad SMARTS) is 1. The first-order valence-corrected chi connectivity index (χ1v) is 8.77. The van der Waals surface area contributed by atoms with Crippen LogP contribution in [0.3, 0.4) is 0 Å². The Morgan fingerprint density at radius 2 is 2.15 bits per heavy atom. The van der Waals surface area contributed by atoms with Crippen molar-refractivity contribution >= 4 is 33.7 Å². The molecule has 20 heavy (non-hydrogen) atoms. The maximum Gasteiger partial charge on any atom is 0.325 e. The van der Waals surface area contributed by atoms with Gasteiger partial charge in [-0.25, -0.2) is 0 Å². The molecule has 1 unspecified atom stereocenters. The molecule has 2 aliphatic rings. The van der Waals surface area contributed by atoms with E-state index in [1.807, 2.05) is 24.3 Å². The van der Waals surface area contributed by atoms with Gasteiger partial charge in [0, 0.05) is 21.2 Å². The van der Waals surface area contributed by atoms with Crippen LogP contribution in [0.15, 0.2) is 33.6 Å². The zero-order valence-corrected chi connectivity index (χ0v) is 13.5. The number of hydrogen-bond donors (Lipinski definition) is 2. The van der Waals surface area contributed by atoms with E-state index >= 15 is 0 Å². The van der Waals surface area contributed by atoms with Crippen molar-refractivity contribution < 1.29 is 9.90 Å². The van der Waals surface area contributed by atoms with Gasteiger partial charge in [-0.05, 0) is 49.8 Å². The molecule has 1 aromatic rings. The fourth-order valence-electron chi connectivity index (χ4n) is 2.50. The minimum absolute atomic E-state index is 0.292.